The Morgan fingerprint density at radius 2 is 2.22 bits per heavy atom. The Hall–Kier alpha value is -1.19. The number of carbonyl (C=O) groups excluding carboxylic acids is 1. The van der Waals surface area contributed by atoms with Gasteiger partial charge in [-0.25, -0.2) is 4.79 Å². The molecule has 18 heavy (non-hydrogen) atoms. The summed E-state index contributed by atoms with van der Waals surface area (Å²) < 4.78 is 4.80. The number of ether oxygens (including phenoxy) is 1. The van der Waals surface area contributed by atoms with Crippen LogP contribution in [0.2, 0.25) is 10.0 Å². The molecule has 1 heterocycles. The third-order valence-corrected chi connectivity index (χ3v) is 3.41. The van der Waals surface area contributed by atoms with Crippen LogP contribution in [0.5, 0.6) is 0 Å². The van der Waals surface area contributed by atoms with Crippen molar-refractivity contribution in [3.05, 3.63) is 39.9 Å². The second kappa shape index (κ2) is 6.12. The van der Waals surface area contributed by atoms with E-state index < -0.39 is 0 Å². The van der Waals surface area contributed by atoms with Gasteiger partial charge in [0.1, 0.15) is 6.61 Å². The second-order valence-electron chi connectivity index (χ2n) is 4.09. The molecule has 1 aromatic carbocycles. The summed E-state index contributed by atoms with van der Waals surface area (Å²) in [4.78, 5) is 10.8. The van der Waals surface area contributed by atoms with Crippen molar-refractivity contribution in [3.8, 4) is 0 Å². The van der Waals surface area contributed by atoms with Crippen molar-refractivity contribution in [1.29, 1.82) is 0 Å². The van der Waals surface area contributed by atoms with Gasteiger partial charge in [0, 0.05) is 0 Å². The quantitative estimate of drug-likeness (QED) is 0.911. The Balaban J connectivity index is 1.80. The van der Waals surface area contributed by atoms with Crippen LogP contribution in [0.3, 0.4) is 0 Å². The number of benzene rings is 1. The van der Waals surface area contributed by atoms with E-state index in [2.05, 4.69) is 5.32 Å². The van der Waals surface area contributed by atoms with Crippen molar-refractivity contribution in [2.45, 2.75) is 18.9 Å². The van der Waals surface area contributed by atoms with Crippen LogP contribution in [0.4, 0.5) is 4.79 Å². The lowest BCUT2D eigenvalue weighted by atomic mass is 10.1. The zero-order valence-electron chi connectivity index (χ0n) is 9.66. The van der Waals surface area contributed by atoms with Crippen molar-refractivity contribution < 1.29 is 9.53 Å². The molecule has 1 aromatic rings. The number of hydrogen-bond donors (Lipinski definition) is 1. The molecule has 0 aliphatic carbocycles. The summed E-state index contributed by atoms with van der Waals surface area (Å²) in [5.41, 5.74) is 1.01. The first-order valence-corrected chi connectivity index (χ1v) is 6.45. The largest absolute Gasteiger partial charge is 0.447 e. The van der Waals surface area contributed by atoms with Gasteiger partial charge in [-0.2, -0.15) is 0 Å². The highest BCUT2D eigenvalue weighted by atomic mass is 35.5. The molecule has 1 aliphatic rings. The molecule has 0 saturated carbocycles. The Labute approximate surface area is 116 Å². The van der Waals surface area contributed by atoms with E-state index in [0.29, 0.717) is 16.7 Å². The molecular formula is C13H13Cl2NO2. The van der Waals surface area contributed by atoms with Crippen LogP contribution in [-0.4, -0.2) is 18.7 Å². The molecule has 0 radical (unpaired) electrons. The fourth-order valence-electron chi connectivity index (χ4n) is 1.71. The predicted molar refractivity (Wildman–Crippen MR) is 73.0 cm³/mol. The average Bonchev–Trinajstić information content (AvgIpc) is 2.75. The second-order valence-corrected chi connectivity index (χ2v) is 4.91. The number of alkyl carbamates (subject to hydrolysis) is 1. The van der Waals surface area contributed by atoms with E-state index in [1.54, 1.807) is 6.07 Å². The van der Waals surface area contributed by atoms with Crippen LogP contribution >= 0.6 is 23.2 Å². The summed E-state index contributed by atoms with van der Waals surface area (Å²) in [5.74, 6) is 0. The number of allylic oxidation sites excluding steroid dienone is 1. The third-order valence-electron chi connectivity index (χ3n) is 2.67. The van der Waals surface area contributed by atoms with Gasteiger partial charge in [-0.05, 0) is 30.5 Å². The van der Waals surface area contributed by atoms with E-state index in [4.69, 9.17) is 27.9 Å². The van der Waals surface area contributed by atoms with Crippen LogP contribution in [0, 0.1) is 0 Å². The van der Waals surface area contributed by atoms with Gasteiger partial charge in [-0.3, -0.25) is 0 Å². The first kappa shape index (κ1) is 13.2. The summed E-state index contributed by atoms with van der Waals surface area (Å²) in [7, 11) is 0. The molecular weight excluding hydrogens is 273 g/mol. The number of rotatable bonds is 4. The Kier molecular flexibility index (Phi) is 4.50. The number of amides is 1. The molecule has 96 valence electrons. The maximum absolute atomic E-state index is 10.8. The highest BCUT2D eigenvalue weighted by Gasteiger charge is 2.20. The van der Waals surface area contributed by atoms with Gasteiger partial charge < -0.3 is 10.1 Å². The Bertz CT molecular complexity index is 474. The van der Waals surface area contributed by atoms with Crippen molar-refractivity contribution >= 4 is 35.4 Å². The predicted octanol–water partition coefficient (Wildman–Crippen LogP) is 3.90. The fourth-order valence-corrected chi connectivity index (χ4v) is 2.02. The van der Waals surface area contributed by atoms with E-state index in [1.807, 2.05) is 24.3 Å². The van der Waals surface area contributed by atoms with Crippen LogP contribution in [0.15, 0.2) is 24.3 Å². The Morgan fingerprint density at radius 1 is 1.39 bits per heavy atom. The number of hydrogen-bond acceptors (Lipinski definition) is 2. The number of carbonyl (C=O) groups is 1. The first-order valence-electron chi connectivity index (χ1n) is 5.70. The van der Waals surface area contributed by atoms with Gasteiger partial charge in [0.05, 0.1) is 16.1 Å². The lowest BCUT2D eigenvalue weighted by Gasteiger charge is -2.03. The molecule has 0 aromatic heterocycles. The van der Waals surface area contributed by atoms with Crippen LogP contribution < -0.4 is 5.32 Å². The van der Waals surface area contributed by atoms with Crippen LogP contribution in [-0.2, 0) is 4.74 Å². The smallest absolute Gasteiger partial charge is 0.407 e. The fraction of sp³-hybridized carbons (Fsp3) is 0.308. The standard InChI is InChI=1S/C13H13Cl2NO2/c14-11-6-5-9(7-12(11)15)3-1-2-4-10-8-18-13(17)16-10/h1,3,5-7,10H,2,4,8H2,(H,16,17)/t10-/m0/s1. The van der Waals surface area contributed by atoms with Crippen molar-refractivity contribution in [2.75, 3.05) is 6.61 Å². The minimum Gasteiger partial charge on any atom is -0.447 e. The van der Waals surface area contributed by atoms with Crippen molar-refractivity contribution in [1.82, 2.24) is 5.32 Å². The average molecular weight is 286 g/mol. The lowest BCUT2D eigenvalue weighted by molar-refractivity contribution is 0.176. The first-order chi connectivity index (χ1) is 8.65. The topological polar surface area (TPSA) is 38.3 Å². The maximum atomic E-state index is 10.8. The van der Waals surface area contributed by atoms with E-state index in [1.165, 1.54) is 0 Å². The monoisotopic (exact) mass is 285 g/mol. The van der Waals surface area contributed by atoms with Gasteiger partial charge in [-0.15, -0.1) is 0 Å². The summed E-state index contributed by atoms with van der Waals surface area (Å²) in [6.07, 6.45) is 5.44. The highest BCUT2D eigenvalue weighted by Crippen LogP contribution is 2.23. The molecule has 1 atom stereocenters. The lowest BCUT2D eigenvalue weighted by Crippen LogP contribution is -2.25. The van der Waals surface area contributed by atoms with Crippen LogP contribution in [0.1, 0.15) is 18.4 Å². The molecule has 1 saturated heterocycles. The van der Waals surface area contributed by atoms with E-state index in [-0.39, 0.29) is 12.1 Å². The van der Waals surface area contributed by atoms with Gasteiger partial charge in [0.2, 0.25) is 0 Å². The van der Waals surface area contributed by atoms with E-state index in [0.717, 1.165) is 18.4 Å². The minimum atomic E-state index is -0.325. The third kappa shape index (κ3) is 3.65. The zero-order valence-corrected chi connectivity index (χ0v) is 11.2. The number of nitrogens with one attached hydrogen (secondary N) is 1. The zero-order chi connectivity index (χ0) is 13.0. The molecule has 1 aliphatic heterocycles. The highest BCUT2D eigenvalue weighted by molar-refractivity contribution is 6.42. The number of cyclic esters (lactones) is 1. The van der Waals surface area contributed by atoms with Gasteiger partial charge in [-0.1, -0.05) is 41.4 Å². The van der Waals surface area contributed by atoms with Crippen molar-refractivity contribution in [3.63, 3.8) is 0 Å². The van der Waals surface area contributed by atoms with Gasteiger partial charge >= 0.3 is 6.09 Å². The summed E-state index contributed by atoms with van der Waals surface area (Å²) in [5, 5.41) is 3.84. The summed E-state index contributed by atoms with van der Waals surface area (Å²) >= 11 is 11.7. The van der Waals surface area contributed by atoms with Crippen molar-refractivity contribution in [2.24, 2.45) is 0 Å². The van der Waals surface area contributed by atoms with Gasteiger partial charge in [0.25, 0.3) is 0 Å². The van der Waals surface area contributed by atoms with Crippen LogP contribution in [0.25, 0.3) is 6.08 Å². The van der Waals surface area contributed by atoms with E-state index in [9.17, 15) is 4.79 Å². The maximum Gasteiger partial charge on any atom is 0.407 e. The minimum absolute atomic E-state index is 0.121. The molecule has 1 fully saturated rings. The normalized spacial score (nSPS) is 19.0. The number of halogens is 2. The Morgan fingerprint density at radius 3 is 2.89 bits per heavy atom. The molecule has 3 nitrogen and oxygen atoms in total. The molecule has 5 heteroatoms. The van der Waals surface area contributed by atoms with E-state index >= 15 is 0 Å². The summed E-state index contributed by atoms with van der Waals surface area (Å²) in [6.45, 7) is 0.458. The molecule has 0 bridgehead atoms. The molecule has 0 unspecified atom stereocenters. The molecule has 1 amide bonds. The van der Waals surface area contributed by atoms with Gasteiger partial charge in [0.15, 0.2) is 0 Å². The molecule has 0 spiro atoms. The molecule has 1 N–H and O–H groups in total. The SMILES string of the molecule is O=C1N[C@@H](CCC=Cc2ccc(Cl)c(Cl)c2)CO1. The molecule has 2 rings (SSSR count). The summed E-state index contributed by atoms with van der Waals surface area (Å²) in [6, 6.07) is 5.62.